The first-order valence-corrected chi connectivity index (χ1v) is 8.63. The number of nitrogens with two attached hydrogens (primary N) is 1. The smallest absolute Gasteiger partial charge is 0.174 e. The molecule has 0 aliphatic carbocycles. The lowest BCUT2D eigenvalue weighted by Gasteiger charge is -2.12. The summed E-state index contributed by atoms with van der Waals surface area (Å²) in [4.78, 5) is 5.66. The number of hydrogen-bond acceptors (Lipinski definition) is 5. The summed E-state index contributed by atoms with van der Waals surface area (Å²) in [6.07, 6.45) is 2.65. The van der Waals surface area contributed by atoms with E-state index in [2.05, 4.69) is 23.2 Å². The Morgan fingerprint density at radius 1 is 1.40 bits per heavy atom. The van der Waals surface area contributed by atoms with Crippen LogP contribution in [0.4, 0.5) is 0 Å². The Morgan fingerprint density at radius 3 is 2.85 bits per heavy atom. The molecule has 3 nitrogen and oxygen atoms in total. The summed E-state index contributed by atoms with van der Waals surface area (Å²) in [5.74, 6) is 0.901. The number of benzene rings is 1. The summed E-state index contributed by atoms with van der Waals surface area (Å²) in [5, 5.41) is 0.749. The number of halogens is 1. The third-order valence-corrected chi connectivity index (χ3v) is 5.13. The van der Waals surface area contributed by atoms with Gasteiger partial charge in [0, 0.05) is 22.4 Å². The van der Waals surface area contributed by atoms with Crippen LogP contribution in [0, 0.1) is 0 Å². The zero-order chi connectivity index (χ0) is 14.5. The third kappa shape index (κ3) is 4.19. The van der Waals surface area contributed by atoms with Crippen molar-refractivity contribution in [3.63, 3.8) is 0 Å². The van der Waals surface area contributed by atoms with E-state index in [9.17, 15) is 0 Å². The van der Waals surface area contributed by atoms with Gasteiger partial charge in [0.1, 0.15) is 5.82 Å². The van der Waals surface area contributed by atoms with Gasteiger partial charge in [-0.1, -0.05) is 37.2 Å². The summed E-state index contributed by atoms with van der Waals surface area (Å²) < 4.78 is 5.28. The van der Waals surface area contributed by atoms with Gasteiger partial charge in [0.05, 0.1) is 0 Å². The second-order valence-corrected chi connectivity index (χ2v) is 7.03. The Hall–Kier alpha value is -0.620. The van der Waals surface area contributed by atoms with Crippen molar-refractivity contribution < 1.29 is 0 Å². The monoisotopic (exact) mass is 327 g/mol. The first kappa shape index (κ1) is 15.8. The fourth-order valence-corrected chi connectivity index (χ4v) is 3.72. The third-order valence-electron chi connectivity index (χ3n) is 2.99. The number of hydrogen-bond donors (Lipinski definition) is 1. The lowest BCUT2D eigenvalue weighted by molar-refractivity contribution is 0.641. The highest BCUT2D eigenvalue weighted by atomic mass is 35.5. The van der Waals surface area contributed by atoms with Crippen LogP contribution in [-0.4, -0.2) is 15.4 Å². The van der Waals surface area contributed by atoms with Crippen LogP contribution in [0.15, 0.2) is 27.4 Å². The van der Waals surface area contributed by atoms with Crippen molar-refractivity contribution >= 4 is 34.9 Å². The van der Waals surface area contributed by atoms with Crippen molar-refractivity contribution in [2.24, 2.45) is 5.73 Å². The van der Waals surface area contributed by atoms with Crippen LogP contribution < -0.4 is 5.73 Å². The van der Waals surface area contributed by atoms with Crippen LogP contribution in [0.5, 0.6) is 0 Å². The average Bonchev–Trinajstić information content (AvgIpc) is 2.89. The molecule has 0 aliphatic rings. The van der Waals surface area contributed by atoms with Gasteiger partial charge in [-0.2, -0.15) is 4.37 Å². The average molecular weight is 328 g/mol. The molecule has 0 radical (unpaired) electrons. The van der Waals surface area contributed by atoms with Gasteiger partial charge in [-0.25, -0.2) is 4.98 Å². The Kier molecular flexibility index (Phi) is 5.84. The first-order chi connectivity index (χ1) is 9.62. The molecule has 2 aromatic rings. The zero-order valence-corrected chi connectivity index (χ0v) is 14.0. The minimum Gasteiger partial charge on any atom is -0.327 e. The SMILES string of the molecule is CCc1nsc(Sc2ccc(Cl)cc2CC(N)CC)n1. The molecule has 0 aliphatic heterocycles. The van der Waals surface area contributed by atoms with E-state index in [1.807, 2.05) is 18.2 Å². The molecule has 1 heterocycles. The van der Waals surface area contributed by atoms with Crippen LogP contribution in [0.3, 0.4) is 0 Å². The van der Waals surface area contributed by atoms with Gasteiger partial charge >= 0.3 is 0 Å². The molecule has 0 amide bonds. The lowest BCUT2D eigenvalue weighted by Crippen LogP contribution is -2.21. The normalized spacial score (nSPS) is 12.6. The molecule has 2 rings (SSSR count). The summed E-state index contributed by atoms with van der Waals surface area (Å²) in [5.41, 5.74) is 7.25. The second-order valence-electron chi connectivity index (χ2n) is 4.56. The minimum absolute atomic E-state index is 0.161. The van der Waals surface area contributed by atoms with E-state index in [1.165, 1.54) is 17.1 Å². The van der Waals surface area contributed by atoms with Crippen LogP contribution in [0.1, 0.15) is 31.7 Å². The van der Waals surface area contributed by atoms with E-state index in [0.29, 0.717) is 0 Å². The Balaban J connectivity index is 2.21. The first-order valence-electron chi connectivity index (χ1n) is 6.66. The number of nitrogens with zero attached hydrogens (tertiary/aromatic N) is 2. The van der Waals surface area contributed by atoms with E-state index in [1.54, 1.807) is 11.8 Å². The minimum atomic E-state index is 0.161. The van der Waals surface area contributed by atoms with Crippen molar-refractivity contribution in [1.29, 1.82) is 0 Å². The topological polar surface area (TPSA) is 51.8 Å². The maximum absolute atomic E-state index is 6.10. The molecule has 1 atom stereocenters. The molecule has 20 heavy (non-hydrogen) atoms. The van der Waals surface area contributed by atoms with E-state index in [4.69, 9.17) is 17.3 Å². The fourth-order valence-electron chi connectivity index (χ4n) is 1.75. The molecule has 2 N–H and O–H groups in total. The van der Waals surface area contributed by atoms with Crippen molar-refractivity contribution in [1.82, 2.24) is 9.36 Å². The molecule has 1 aromatic carbocycles. The van der Waals surface area contributed by atoms with E-state index in [-0.39, 0.29) is 6.04 Å². The summed E-state index contributed by atoms with van der Waals surface area (Å²) in [6, 6.07) is 6.11. The molecule has 0 saturated carbocycles. The van der Waals surface area contributed by atoms with Gasteiger partial charge < -0.3 is 5.73 Å². The van der Waals surface area contributed by atoms with Gasteiger partial charge in [-0.05, 0) is 48.1 Å². The number of aromatic nitrogens is 2. The summed E-state index contributed by atoms with van der Waals surface area (Å²) in [6.45, 7) is 4.16. The highest BCUT2D eigenvalue weighted by Gasteiger charge is 2.11. The lowest BCUT2D eigenvalue weighted by atomic mass is 10.0. The predicted molar refractivity (Wildman–Crippen MR) is 86.8 cm³/mol. The van der Waals surface area contributed by atoms with Crippen molar-refractivity contribution in [3.05, 3.63) is 34.6 Å². The highest BCUT2D eigenvalue weighted by molar-refractivity contribution is 8.01. The molecule has 0 spiro atoms. The maximum atomic E-state index is 6.10. The van der Waals surface area contributed by atoms with Crippen LogP contribution in [-0.2, 0) is 12.8 Å². The molecule has 1 unspecified atom stereocenters. The Labute approximate surface area is 133 Å². The summed E-state index contributed by atoms with van der Waals surface area (Å²) >= 11 is 9.18. The highest BCUT2D eigenvalue weighted by Crippen LogP contribution is 2.33. The molecular formula is C14H18ClN3S2. The molecule has 108 valence electrons. The van der Waals surface area contributed by atoms with Crippen LogP contribution in [0.2, 0.25) is 5.02 Å². The quantitative estimate of drug-likeness (QED) is 0.864. The van der Waals surface area contributed by atoms with Gasteiger partial charge in [-0.3, -0.25) is 0 Å². The molecule has 0 saturated heterocycles. The van der Waals surface area contributed by atoms with E-state index < -0.39 is 0 Å². The molecule has 0 fully saturated rings. The van der Waals surface area contributed by atoms with Crippen LogP contribution >= 0.6 is 34.9 Å². The molecular weight excluding hydrogens is 310 g/mol. The van der Waals surface area contributed by atoms with Crippen molar-refractivity contribution in [2.45, 2.75) is 48.4 Å². The van der Waals surface area contributed by atoms with Crippen molar-refractivity contribution in [2.75, 3.05) is 0 Å². The number of rotatable bonds is 6. The molecule has 0 bridgehead atoms. The van der Waals surface area contributed by atoms with Gasteiger partial charge in [-0.15, -0.1) is 0 Å². The van der Waals surface area contributed by atoms with E-state index in [0.717, 1.165) is 39.3 Å². The van der Waals surface area contributed by atoms with Gasteiger partial charge in [0.15, 0.2) is 4.34 Å². The maximum Gasteiger partial charge on any atom is 0.174 e. The second kappa shape index (κ2) is 7.41. The Bertz CT molecular complexity index is 571. The van der Waals surface area contributed by atoms with Crippen molar-refractivity contribution in [3.8, 4) is 0 Å². The van der Waals surface area contributed by atoms with E-state index >= 15 is 0 Å². The fraction of sp³-hybridized carbons (Fsp3) is 0.429. The zero-order valence-electron chi connectivity index (χ0n) is 11.6. The largest absolute Gasteiger partial charge is 0.327 e. The van der Waals surface area contributed by atoms with Gasteiger partial charge in [0.25, 0.3) is 0 Å². The molecule has 1 aromatic heterocycles. The Morgan fingerprint density at radius 2 is 2.20 bits per heavy atom. The summed E-state index contributed by atoms with van der Waals surface area (Å²) in [7, 11) is 0. The predicted octanol–water partition coefficient (Wildman–Crippen LogP) is 4.18. The standard InChI is InChI=1S/C14H18ClN3S2/c1-3-11(16)8-9-7-10(15)5-6-12(9)19-14-17-13(4-2)18-20-14/h5-7,11H,3-4,8,16H2,1-2H3. The van der Waals surface area contributed by atoms with Crippen LogP contribution in [0.25, 0.3) is 0 Å². The number of aryl methyl sites for hydroxylation is 1. The molecule has 6 heteroatoms. The van der Waals surface area contributed by atoms with Gasteiger partial charge in [0.2, 0.25) is 0 Å².